The van der Waals surface area contributed by atoms with E-state index in [-0.39, 0.29) is 0 Å². The van der Waals surface area contributed by atoms with Gasteiger partial charge in [0.2, 0.25) is 0 Å². The molecule has 78 valence electrons. The minimum absolute atomic E-state index is 0.326. The maximum atomic E-state index is 5.79. The zero-order valence-electron chi connectivity index (χ0n) is 8.59. The van der Waals surface area contributed by atoms with E-state index in [0.29, 0.717) is 6.10 Å². The largest absolute Gasteiger partial charge is 0.304 e. The highest BCUT2D eigenvalue weighted by Crippen LogP contribution is 2.13. The Morgan fingerprint density at radius 2 is 2.43 bits per heavy atom. The van der Waals surface area contributed by atoms with Crippen LogP contribution in [0.4, 0.5) is 0 Å². The van der Waals surface area contributed by atoms with E-state index in [2.05, 4.69) is 16.9 Å². The van der Waals surface area contributed by atoms with Gasteiger partial charge in [-0.25, -0.2) is 10.1 Å². The van der Waals surface area contributed by atoms with E-state index in [4.69, 9.17) is 4.84 Å². The predicted octanol–water partition coefficient (Wildman–Crippen LogP) is 0.870. The highest BCUT2D eigenvalue weighted by Gasteiger charge is 2.19. The normalized spacial score (nSPS) is 28.4. The molecule has 0 aliphatic carbocycles. The number of nitrogens with zero attached hydrogens (tertiary/aromatic N) is 3. The van der Waals surface area contributed by atoms with Crippen LogP contribution in [0, 0.1) is 0 Å². The van der Waals surface area contributed by atoms with Gasteiger partial charge in [-0.2, -0.15) is 0 Å². The second-order valence-corrected chi connectivity index (χ2v) is 3.88. The molecule has 0 bridgehead atoms. The molecule has 1 atom stereocenters. The van der Waals surface area contributed by atoms with Crippen molar-refractivity contribution in [3.8, 4) is 0 Å². The minimum atomic E-state index is 0.326. The molecule has 2 aliphatic rings. The molecule has 0 spiro atoms. The summed E-state index contributed by atoms with van der Waals surface area (Å²) >= 11 is 0. The third-order valence-corrected chi connectivity index (χ3v) is 2.54. The van der Waals surface area contributed by atoms with Crippen molar-refractivity contribution in [2.24, 2.45) is 4.99 Å². The highest BCUT2D eigenvalue weighted by atomic mass is 16.7. The number of piperidine rings is 1. The number of hydroxylamine groups is 2. The van der Waals surface area contributed by atoms with Crippen molar-refractivity contribution in [1.29, 1.82) is 0 Å². The molecule has 0 aromatic heterocycles. The Bertz CT molecular complexity index is 240. The molecule has 0 amide bonds. The predicted molar refractivity (Wildman–Crippen MR) is 55.9 cm³/mol. The molecule has 4 heteroatoms. The van der Waals surface area contributed by atoms with E-state index in [1.807, 2.05) is 11.1 Å². The van der Waals surface area contributed by atoms with Gasteiger partial charge in [0.1, 0.15) is 6.34 Å². The smallest absolute Gasteiger partial charge is 0.116 e. The first kappa shape index (κ1) is 9.68. The van der Waals surface area contributed by atoms with E-state index in [1.165, 1.54) is 13.0 Å². The van der Waals surface area contributed by atoms with E-state index in [0.717, 1.165) is 19.5 Å². The third kappa shape index (κ3) is 2.56. The molecule has 0 aromatic carbocycles. The van der Waals surface area contributed by atoms with Crippen molar-refractivity contribution in [3.05, 3.63) is 12.3 Å². The minimum Gasteiger partial charge on any atom is -0.304 e. The van der Waals surface area contributed by atoms with E-state index in [1.54, 1.807) is 12.5 Å². The fourth-order valence-electron chi connectivity index (χ4n) is 1.84. The van der Waals surface area contributed by atoms with Gasteiger partial charge in [-0.1, -0.05) is 0 Å². The number of likely N-dealkylation sites (tertiary alicyclic amines) is 1. The van der Waals surface area contributed by atoms with Crippen molar-refractivity contribution in [2.75, 3.05) is 26.7 Å². The van der Waals surface area contributed by atoms with Gasteiger partial charge in [-0.3, -0.25) is 4.84 Å². The molecule has 14 heavy (non-hydrogen) atoms. The van der Waals surface area contributed by atoms with Gasteiger partial charge in [-0.05, 0) is 32.5 Å². The number of aliphatic imine (C=N–C) groups is 1. The summed E-state index contributed by atoms with van der Waals surface area (Å²) in [5.41, 5.74) is 0. The zero-order valence-corrected chi connectivity index (χ0v) is 8.59. The van der Waals surface area contributed by atoms with Crippen LogP contribution in [0.1, 0.15) is 12.8 Å². The topological polar surface area (TPSA) is 28.1 Å². The lowest BCUT2D eigenvalue weighted by molar-refractivity contribution is -0.152. The Morgan fingerprint density at radius 1 is 1.50 bits per heavy atom. The molecular weight excluding hydrogens is 178 g/mol. The standard InChI is InChI=1S/C10H17N3O/c1-12-6-2-4-10(8-12)14-13-7-3-5-11-9-13/h3,5,9-10H,2,4,6-8H2,1H3. The SMILES string of the molecule is CN1CCCC(ON2C=NC=CC2)C1. The first-order valence-electron chi connectivity index (χ1n) is 5.15. The molecule has 2 rings (SSSR count). The fraction of sp³-hybridized carbons (Fsp3) is 0.700. The molecule has 1 unspecified atom stereocenters. The van der Waals surface area contributed by atoms with Crippen molar-refractivity contribution in [1.82, 2.24) is 9.96 Å². The molecule has 0 saturated carbocycles. The summed E-state index contributed by atoms with van der Waals surface area (Å²) in [6, 6.07) is 0. The zero-order chi connectivity index (χ0) is 9.80. The van der Waals surface area contributed by atoms with E-state index < -0.39 is 0 Å². The molecule has 4 nitrogen and oxygen atoms in total. The molecular formula is C10H17N3O. The van der Waals surface area contributed by atoms with Crippen LogP contribution in [-0.2, 0) is 4.84 Å². The van der Waals surface area contributed by atoms with Crippen LogP contribution in [0.5, 0.6) is 0 Å². The van der Waals surface area contributed by atoms with Gasteiger partial charge in [-0.15, -0.1) is 0 Å². The van der Waals surface area contributed by atoms with Gasteiger partial charge in [0, 0.05) is 12.7 Å². The Morgan fingerprint density at radius 3 is 3.14 bits per heavy atom. The maximum absolute atomic E-state index is 5.79. The lowest BCUT2D eigenvalue weighted by Gasteiger charge is -2.32. The Kier molecular flexibility index (Phi) is 3.16. The van der Waals surface area contributed by atoms with Crippen molar-refractivity contribution >= 4 is 6.34 Å². The molecule has 0 N–H and O–H groups in total. The average molecular weight is 195 g/mol. The monoisotopic (exact) mass is 195 g/mol. The Balaban J connectivity index is 1.79. The van der Waals surface area contributed by atoms with Gasteiger partial charge >= 0.3 is 0 Å². The summed E-state index contributed by atoms with van der Waals surface area (Å²) in [6.07, 6.45) is 8.24. The Hall–Kier alpha value is -0.870. The second-order valence-electron chi connectivity index (χ2n) is 3.88. The molecule has 0 aromatic rings. The average Bonchev–Trinajstić information content (AvgIpc) is 2.19. The lowest BCUT2D eigenvalue weighted by Crippen LogP contribution is -2.41. The summed E-state index contributed by atoms with van der Waals surface area (Å²) in [6.45, 7) is 3.02. The quantitative estimate of drug-likeness (QED) is 0.654. The summed E-state index contributed by atoms with van der Waals surface area (Å²) in [4.78, 5) is 12.1. The van der Waals surface area contributed by atoms with Crippen LogP contribution in [0.15, 0.2) is 17.3 Å². The first-order valence-corrected chi connectivity index (χ1v) is 5.15. The number of hydrogen-bond donors (Lipinski definition) is 0. The van der Waals surface area contributed by atoms with Gasteiger partial charge in [0.15, 0.2) is 0 Å². The van der Waals surface area contributed by atoms with Gasteiger partial charge in [0.25, 0.3) is 0 Å². The highest BCUT2D eigenvalue weighted by molar-refractivity contribution is 5.55. The number of rotatable bonds is 2. The number of hydrogen-bond acceptors (Lipinski definition) is 4. The third-order valence-electron chi connectivity index (χ3n) is 2.54. The molecule has 1 fully saturated rings. The van der Waals surface area contributed by atoms with Crippen molar-refractivity contribution in [3.63, 3.8) is 0 Å². The summed E-state index contributed by atoms with van der Waals surface area (Å²) in [5, 5.41) is 1.81. The van der Waals surface area contributed by atoms with E-state index >= 15 is 0 Å². The molecule has 0 radical (unpaired) electrons. The van der Waals surface area contributed by atoms with Crippen LogP contribution in [0.3, 0.4) is 0 Å². The first-order chi connectivity index (χ1) is 6.84. The lowest BCUT2D eigenvalue weighted by atomic mass is 10.1. The summed E-state index contributed by atoms with van der Waals surface area (Å²) in [5.74, 6) is 0. The van der Waals surface area contributed by atoms with Crippen LogP contribution < -0.4 is 0 Å². The fourth-order valence-corrected chi connectivity index (χ4v) is 1.84. The van der Waals surface area contributed by atoms with Gasteiger partial charge < -0.3 is 4.90 Å². The van der Waals surface area contributed by atoms with Crippen LogP contribution in [-0.4, -0.2) is 49.1 Å². The molecule has 1 saturated heterocycles. The Labute approximate surface area is 84.8 Å². The van der Waals surface area contributed by atoms with Crippen molar-refractivity contribution < 1.29 is 4.84 Å². The summed E-state index contributed by atoms with van der Waals surface area (Å²) in [7, 11) is 2.14. The summed E-state index contributed by atoms with van der Waals surface area (Å²) < 4.78 is 0. The molecule has 2 heterocycles. The van der Waals surface area contributed by atoms with Crippen LogP contribution >= 0.6 is 0 Å². The molecule has 2 aliphatic heterocycles. The van der Waals surface area contributed by atoms with Crippen LogP contribution in [0.25, 0.3) is 0 Å². The maximum Gasteiger partial charge on any atom is 0.116 e. The second kappa shape index (κ2) is 4.57. The van der Waals surface area contributed by atoms with E-state index in [9.17, 15) is 0 Å². The van der Waals surface area contributed by atoms with Gasteiger partial charge in [0.05, 0.1) is 12.6 Å². The van der Waals surface area contributed by atoms with Crippen molar-refractivity contribution in [2.45, 2.75) is 18.9 Å². The number of likely N-dealkylation sites (N-methyl/N-ethyl adjacent to an activating group) is 1. The van der Waals surface area contributed by atoms with Crippen LogP contribution in [0.2, 0.25) is 0 Å².